The summed E-state index contributed by atoms with van der Waals surface area (Å²) in [7, 11) is 0. The number of carbonyl (C=O) groups excluding carboxylic acids is 1. The van der Waals surface area contributed by atoms with Crippen molar-refractivity contribution in [2.24, 2.45) is 0 Å². The SMILES string of the molecule is CC(C)OC(=O)Nc1cccc(CO)n1. The Bertz CT molecular complexity index is 339. The second-order valence-corrected chi connectivity index (χ2v) is 3.25. The van der Waals surface area contributed by atoms with Crippen molar-refractivity contribution >= 4 is 11.9 Å². The van der Waals surface area contributed by atoms with Gasteiger partial charge in [-0.25, -0.2) is 9.78 Å². The lowest BCUT2D eigenvalue weighted by atomic mass is 10.3. The number of anilines is 1. The Balaban J connectivity index is 2.60. The van der Waals surface area contributed by atoms with Crippen LogP contribution in [0.25, 0.3) is 0 Å². The summed E-state index contributed by atoms with van der Waals surface area (Å²) in [5.41, 5.74) is 0.498. The quantitative estimate of drug-likeness (QED) is 0.793. The number of aliphatic hydroxyl groups excluding tert-OH is 1. The molecule has 1 aromatic rings. The molecule has 15 heavy (non-hydrogen) atoms. The van der Waals surface area contributed by atoms with Crippen LogP contribution in [0.5, 0.6) is 0 Å². The number of hydrogen-bond donors (Lipinski definition) is 2. The molecule has 0 aliphatic rings. The summed E-state index contributed by atoms with van der Waals surface area (Å²) in [4.78, 5) is 15.2. The molecule has 1 amide bonds. The van der Waals surface area contributed by atoms with E-state index >= 15 is 0 Å². The minimum absolute atomic E-state index is 0.158. The highest BCUT2D eigenvalue weighted by molar-refractivity contribution is 5.83. The maximum absolute atomic E-state index is 11.2. The van der Waals surface area contributed by atoms with E-state index in [0.717, 1.165) is 0 Å². The number of aromatic nitrogens is 1. The van der Waals surface area contributed by atoms with Gasteiger partial charge < -0.3 is 9.84 Å². The fraction of sp³-hybridized carbons (Fsp3) is 0.400. The van der Waals surface area contributed by atoms with Gasteiger partial charge in [0, 0.05) is 0 Å². The molecule has 2 N–H and O–H groups in total. The molecule has 0 aliphatic carbocycles. The zero-order chi connectivity index (χ0) is 11.3. The van der Waals surface area contributed by atoms with Crippen molar-refractivity contribution in [2.45, 2.75) is 26.6 Å². The zero-order valence-corrected chi connectivity index (χ0v) is 8.73. The first-order chi connectivity index (χ1) is 7.11. The van der Waals surface area contributed by atoms with E-state index in [-0.39, 0.29) is 12.7 Å². The molecular weight excluding hydrogens is 196 g/mol. The second kappa shape index (κ2) is 5.31. The van der Waals surface area contributed by atoms with Crippen molar-refractivity contribution < 1.29 is 14.6 Å². The maximum Gasteiger partial charge on any atom is 0.413 e. The Kier molecular flexibility index (Phi) is 4.05. The van der Waals surface area contributed by atoms with Crippen LogP contribution in [0.15, 0.2) is 18.2 Å². The molecule has 0 saturated heterocycles. The molecule has 0 atom stereocenters. The van der Waals surface area contributed by atoms with Crippen LogP contribution in [0.2, 0.25) is 0 Å². The Morgan fingerprint density at radius 2 is 2.33 bits per heavy atom. The summed E-state index contributed by atoms with van der Waals surface area (Å²) < 4.78 is 4.88. The van der Waals surface area contributed by atoms with Gasteiger partial charge in [-0.3, -0.25) is 5.32 Å². The smallest absolute Gasteiger partial charge is 0.413 e. The number of ether oxygens (including phenoxy) is 1. The van der Waals surface area contributed by atoms with Crippen LogP contribution < -0.4 is 5.32 Å². The second-order valence-electron chi connectivity index (χ2n) is 3.25. The van der Waals surface area contributed by atoms with Gasteiger partial charge in [0.2, 0.25) is 0 Å². The number of aliphatic hydroxyl groups is 1. The summed E-state index contributed by atoms with van der Waals surface area (Å²) in [5.74, 6) is 0.368. The molecule has 0 spiro atoms. The average molecular weight is 210 g/mol. The molecule has 0 saturated carbocycles. The molecule has 0 aromatic carbocycles. The van der Waals surface area contributed by atoms with Crippen molar-refractivity contribution in [3.8, 4) is 0 Å². The number of amides is 1. The number of carbonyl (C=O) groups is 1. The lowest BCUT2D eigenvalue weighted by Gasteiger charge is -2.09. The van der Waals surface area contributed by atoms with Crippen molar-refractivity contribution in [1.29, 1.82) is 0 Å². The third kappa shape index (κ3) is 3.95. The maximum atomic E-state index is 11.2. The Morgan fingerprint density at radius 3 is 2.93 bits per heavy atom. The van der Waals surface area contributed by atoms with Gasteiger partial charge in [0.25, 0.3) is 0 Å². The van der Waals surface area contributed by atoms with Crippen LogP contribution in [-0.2, 0) is 11.3 Å². The number of rotatable bonds is 3. The van der Waals surface area contributed by atoms with Crippen LogP contribution in [0.1, 0.15) is 19.5 Å². The summed E-state index contributed by atoms with van der Waals surface area (Å²) in [6, 6.07) is 4.99. The van der Waals surface area contributed by atoms with Gasteiger partial charge in [-0.2, -0.15) is 0 Å². The van der Waals surface area contributed by atoms with Crippen LogP contribution in [-0.4, -0.2) is 22.3 Å². The number of hydrogen-bond acceptors (Lipinski definition) is 4. The van der Waals surface area contributed by atoms with Gasteiger partial charge in [0.15, 0.2) is 0 Å². The molecular formula is C10H14N2O3. The number of nitrogens with zero attached hydrogens (tertiary/aromatic N) is 1. The normalized spacial score (nSPS) is 10.1. The predicted octanol–water partition coefficient (Wildman–Crippen LogP) is 1.53. The van der Waals surface area contributed by atoms with Crippen molar-refractivity contribution in [1.82, 2.24) is 4.98 Å². The van der Waals surface area contributed by atoms with Gasteiger partial charge in [0.1, 0.15) is 5.82 Å². The molecule has 0 bridgehead atoms. The third-order valence-corrected chi connectivity index (χ3v) is 1.54. The number of nitrogens with one attached hydrogen (secondary N) is 1. The third-order valence-electron chi connectivity index (χ3n) is 1.54. The number of pyridine rings is 1. The molecule has 0 radical (unpaired) electrons. The summed E-state index contributed by atoms with van der Waals surface area (Å²) in [6.07, 6.45) is -0.724. The summed E-state index contributed by atoms with van der Waals surface area (Å²) in [6.45, 7) is 3.36. The molecule has 0 aliphatic heterocycles. The van der Waals surface area contributed by atoms with Crippen molar-refractivity contribution in [2.75, 3.05) is 5.32 Å². The van der Waals surface area contributed by atoms with Gasteiger partial charge in [0.05, 0.1) is 18.4 Å². The van der Waals surface area contributed by atoms with Crippen LogP contribution in [0, 0.1) is 0 Å². The van der Waals surface area contributed by atoms with E-state index in [0.29, 0.717) is 11.5 Å². The van der Waals surface area contributed by atoms with Crippen LogP contribution in [0.4, 0.5) is 10.6 Å². The predicted molar refractivity (Wildman–Crippen MR) is 55.4 cm³/mol. The molecule has 5 heteroatoms. The molecule has 1 aromatic heterocycles. The van der Waals surface area contributed by atoms with Crippen LogP contribution in [0.3, 0.4) is 0 Å². The highest BCUT2D eigenvalue weighted by Gasteiger charge is 2.06. The first kappa shape index (κ1) is 11.5. The standard InChI is InChI=1S/C10H14N2O3/c1-7(2)15-10(14)12-9-5-3-4-8(6-13)11-9/h3-5,7,13H,6H2,1-2H3,(H,11,12,14). The Morgan fingerprint density at radius 1 is 1.60 bits per heavy atom. The van der Waals surface area contributed by atoms with E-state index in [1.807, 2.05) is 0 Å². The van der Waals surface area contributed by atoms with Crippen molar-refractivity contribution in [3.05, 3.63) is 23.9 Å². The first-order valence-corrected chi connectivity index (χ1v) is 4.66. The zero-order valence-electron chi connectivity index (χ0n) is 8.73. The van der Waals surface area contributed by atoms with Gasteiger partial charge in [-0.05, 0) is 26.0 Å². The fourth-order valence-electron chi connectivity index (χ4n) is 0.985. The largest absolute Gasteiger partial charge is 0.447 e. The van der Waals surface area contributed by atoms with E-state index in [4.69, 9.17) is 9.84 Å². The van der Waals surface area contributed by atoms with Gasteiger partial charge in [-0.1, -0.05) is 6.07 Å². The van der Waals surface area contributed by atoms with E-state index in [1.165, 1.54) is 0 Å². The highest BCUT2D eigenvalue weighted by Crippen LogP contribution is 2.05. The van der Waals surface area contributed by atoms with E-state index in [9.17, 15) is 4.79 Å². The minimum atomic E-state index is -0.549. The Labute approximate surface area is 88.1 Å². The van der Waals surface area contributed by atoms with E-state index in [2.05, 4.69) is 10.3 Å². The minimum Gasteiger partial charge on any atom is -0.447 e. The topological polar surface area (TPSA) is 71.5 Å². The average Bonchev–Trinajstić information content (AvgIpc) is 2.16. The fourth-order valence-corrected chi connectivity index (χ4v) is 0.985. The molecule has 0 fully saturated rings. The molecule has 1 heterocycles. The lowest BCUT2D eigenvalue weighted by Crippen LogP contribution is -2.18. The van der Waals surface area contributed by atoms with Gasteiger partial charge in [-0.15, -0.1) is 0 Å². The molecule has 82 valence electrons. The first-order valence-electron chi connectivity index (χ1n) is 4.66. The van der Waals surface area contributed by atoms with Crippen molar-refractivity contribution in [3.63, 3.8) is 0 Å². The lowest BCUT2D eigenvalue weighted by molar-refractivity contribution is 0.130. The van der Waals surface area contributed by atoms with Gasteiger partial charge >= 0.3 is 6.09 Å². The summed E-state index contributed by atoms with van der Waals surface area (Å²) in [5, 5.41) is 11.3. The summed E-state index contributed by atoms with van der Waals surface area (Å²) >= 11 is 0. The monoisotopic (exact) mass is 210 g/mol. The molecule has 1 rings (SSSR count). The van der Waals surface area contributed by atoms with E-state index in [1.54, 1.807) is 32.0 Å². The molecule has 0 unspecified atom stereocenters. The Hall–Kier alpha value is -1.62. The van der Waals surface area contributed by atoms with Crippen LogP contribution >= 0.6 is 0 Å². The molecule has 5 nitrogen and oxygen atoms in total. The van der Waals surface area contributed by atoms with E-state index < -0.39 is 6.09 Å². The highest BCUT2D eigenvalue weighted by atomic mass is 16.6.